The molecule has 0 aliphatic rings. The minimum Gasteiger partial charge on any atom is -0.490 e. The van der Waals surface area contributed by atoms with Gasteiger partial charge < -0.3 is 19.1 Å². The van der Waals surface area contributed by atoms with Crippen molar-refractivity contribution in [2.24, 2.45) is 0 Å². The van der Waals surface area contributed by atoms with Gasteiger partial charge in [0, 0.05) is 13.1 Å². The maximum absolute atomic E-state index is 11.8. The molecule has 1 heterocycles. The number of hydrogen-bond acceptors (Lipinski definition) is 6. The number of methoxy groups -OCH3 is 1. The Hall–Kier alpha value is -1.47. The summed E-state index contributed by atoms with van der Waals surface area (Å²) in [7, 11) is 2.90. The molecule has 0 saturated carbocycles. The standard InChI is InChI=1S/C14H20ClNO5S/c1-14(2,3)21-13(18)16(4)6-7-20-9-8-10(15)22-11(9)12(17)19-5/h8H,6-7H2,1-5H3. The van der Waals surface area contributed by atoms with E-state index < -0.39 is 17.7 Å². The number of carbonyl (C=O) groups is 2. The third kappa shape index (κ3) is 5.73. The minimum absolute atomic E-state index is 0.201. The molecule has 0 N–H and O–H groups in total. The first-order chi connectivity index (χ1) is 10.1. The van der Waals surface area contributed by atoms with E-state index in [1.54, 1.807) is 33.9 Å². The van der Waals surface area contributed by atoms with Crippen molar-refractivity contribution in [3.05, 3.63) is 15.3 Å². The van der Waals surface area contributed by atoms with E-state index in [-0.39, 0.29) is 6.61 Å². The lowest BCUT2D eigenvalue weighted by Gasteiger charge is -2.24. The molecule has 0 bridgehead atoms. The fourth-order valence-corrected chi connectivity index (χ4v) is 2.49. The Kier molecular flexibility index (Phi) is 6.49. The van der Waals surface area contributed by atoms with Gasteiger partial charge in [0.1, 0.15) is 18.0 Å². The van der Waals surface area contributed by atoms with Gasteiger partial charge in [-0.25, -0.2) is 9.59 Å². The monoisotopic (exact) mass is 349 g/mol. The quantitative estimate of drug-likeness (QED) is 0.762. The molecule has 1 aromatic rings. The Morgan fingerprint density at radius 3 is 2.55 bits per heavy atom. The van der Waals surface area contributed by atoms with Crippen molar-refractivity contribution in [3.8, 4) is 5.75 Å². The lowest BCUT2D eigenvalue weighted by atomic mass is 10.2. The first kappa shape index (κ1) is 18.6. The highest BCUT2D eigenvalue weighted by Gasteiger charge is 2.21. The Labute approximate surface area is 138 Å². The summed E-state index contributed by atoms with van der Waals surface area (Å²) in [5, 5.41) is 0. The number of ether oxygens (including phenoxy) is 3. The van der Waals surface area contributed by atoms with Crippen molar-refractivity contribution >= 4 is 35.0 Å². The molecule has 0 spiro atoms. The molecule has 1 aromatic heterocycles. The number of thiophene rings is 1. The average molecular weight is 350 g/mol. The Morgan fingerprint density at radius 2 is 2.00 bits per heavy atom. The zero-order valence-corrected chi connectivity index (χ0v) is 14.8. The van der Waals surface area contributed by atoms with Crippen LogP contribution in [0.4, 0.5) is 4.79 Å². The largest absolute Gasteiger partial charge is 0.490 e. The van der Waals surface area contributed by atoms with Crippen LogP contribution in [0, 0.1) is 0 Å². The molecule has 0 aliphatic carbocycles. The number of nitrogens with zero attached hydrogens (tertiary/aromatic N) is 1. The van der Waals surface area contributed by atoms with Crippen molar-refractivity contribution in [2.45, 2.75) is 26.4 Å². The summed E-state index contributed by atoms with van der Waals surface area (Å²) in [6, 6.07) is 1.55. The third-order valence-corrected chi connectivity index (χ3v) is 3.65. The van der Waals surface area contributed by atoms with Gasteiger partial charge in [0.25, 0.3) is 0 Å². The highest BCUT2D eigenvalue weighted by Crippen LogP contribution is 2.33. The summed E-state index contributed by atoms with van der Waals surface area (Å²) >= 11 is 6.96. The summed E-state index contributed by atoms with van der Waals surface area (Å²) in [4.78, 5) is 25.1. The number of amides is 1. The van der Waals surface area contributed by atoms with E-state index >= 15 is 0 Å². The second kappa shape index (κ2) is 7.69. The Morgan fingerprint density at radius 1 is 1.36 bits per heavy atom. The van der Waals surface area contributed by atoms with Crippen LogP contribution in [0.5, 0.6) is 5.75 Å². The summed E-state index contributed by atoms with van der Waals surface area (Å²) in [6.45, 7) is 5.90. The van der Waals surface area contributed by atoms with E-state index in [1.165, 1.54) is 12.0 Å². The van der Waals surface area contributed by atoms with Crippen LogP contribution in [0.2, 0.25) is 4.34 Å². The van der Waals surface area contributed by atoms with Gasteiger partial charge in [0.05, 0.1) is 18.0 Å². The molecular formula is C14H20ClNO5S. The first-order valence-electron chi connectivity index (χ1n) is 6.58. The van der Waals surface area contributed by atoms with Crippen LogP contribution in [0.1, 0.15) is 30.4 Å². The zero-order valence-electron chi connectivity index (χ0n) is 13.3. The van der Waals surface area contributed by atoms with E-state index in [0.717, 1.165) is 11.3 Å². The molecule has 0 aliphatic heterocycles. The van der Waals surface area contributed by atoms with Crippen molar-refractivity contribution in [3.63, 3.8) is 0 Å². The number of carbonyl (C=O) groups excluding carboxylic acids is 2. The van der Waals surface area contributed by atoms with Crippen molar-refractivity contribution in [1.82, 2.24) is 4.90 Å². The molecule has 0 saturated heterocycles. The molecule has 8 heteroatoms. The van der Waals surface area contributed by atoms with Crippen LogP contribution in [-0.2, 0) is 9.47 Å². The minimum atomic E-state index is -0.550. The van der Waals surface area contributed by atoms with E-state index in [0.29, 0.717) is 21.5 Å². The molecule has 0 atom stereocenters. The molecule has 124 valence electrons. The topological polar surface area (TPSA) is 65.1 Å². The SMILES string of the molecule is COC(=O)c1sc(Cl)cc1OCCN(C)C(=O)OC(C)(C)C. The second-order valence-corrected chi connectivity index (χ2v) is 7.17. The number of esters is 1. The lowest BCUT2D eigenvalue weighted by Crippen LogP contribution is -2.36. The van der Waals surface area contributed by atoms with E-state index in [2.05, 4.69) is 4.74 Å². The molecule has 22 heavy (non-hydrogen) atoms. The summed E-state index contributed by atoms with van der Waals surface area (Å²) in [6.07, 6.45) is -0.437. The highest BCUT2D eigenvalue weighted by atomic mass is 35.5. The van der Waals surface area contributed by atoms with Gasteiger partial charge >= 0.3 is 12.1 Å². The fourth-order valence-electron chi connectivity index (χ4n) is 1.41. The Bertz CT molecular complexity index is 538. The highest BCUT2D eigenvalue weighted by molar-refractivity contribution is 7.18. The van der Waals surface area contributed by atoms with Crippen molar-refractivity contribution in [2.75, 3.05) is 27.3 Å². The van der Waals surface area contributed by atoms with Crippen LogP contribution in [0.25, 0.3) is 0 Å². The van der Waals surface area contributed by atoms with Gasteiger partial charge in [-0.2, -0.15) is 0 Å². The first-order valence-corrected chi connectivity index (χ1v) is 7.78. The number of rotatable bonds is 5. The predicted octanol–water partition coefficient (Wildman–Crippen LogP) is 3.43. The Balaban J connectivity index is 2.54. The van der Waals surface area contributed by atoms with Gasteiger partial charge in [0.2, 0.25) is 0 Å². The molecule has 0 unspecified atom stereocenters. The summed E-state index contributed by atoms with van der Waals surface area (Å²) in [5.74, 6) is -0.160. The number of hydrogen-bond donors (Lipinski definition) is 0. The maximum atomic E-state index is 11.8. The molecule has 1 amide bonds. The average Bonchev–Trinajstić information content (AvgIpc) is 2.77. The molecule has 1 rings (SSSR count). The van der Waals surface area contributed by atoms with Crippen LogP contribution >= 0.6 is 22.9 Å². The molecular weight excluding hydrogens is 330 g/mol. The molecule has 0 radical (unpaired) electrons. The molecule has 0 aromatic carbocycles. The van der Waals surface area contributed by atoms with Gasteiger partial charge in [-0.1, -0.05) is 11.6 Å². The summed E-state index contributed by atoms with van der Waals surface area (Å²) < 4.78 is 15.8. The van der Waals surface area contributed by atoms with Crippen LogP contribution < -0.4 is 4.74 Å². The van der Waals surface area contributed by atoms with Gasteiger partial charge in [-0.15, -0.1) is 11.3 Å². The molecule has 0 fully saturated rings. The normalized spacial score (nSPS) is 11.0. The maximum Gasteiger partial charge on any atom is 0.410 e. The van der Waals surface area contributed by atoms with Crippen molar-refractivity contribution in [1.29, 1.82) is 0 Å². The zero-order chi connectivity index (χ0) is 16.9. The van der Waals surface area contributed by atoms with E-state index in [4.69, 9.17) is 21.1 Å². The fraction of sp³-hybridized carbons (Fsp3) is 0.571. The summed E-state index contributed by atoms with van der Waals surface area (Å²) in [5.41, 5.74) is -0.550. The van der Waals surface area contributed by atoms with E-state index in [1.807, 2.05) is 0 Å². The van der Waals surface area contributed by atoms with Gasteiger partial charge in [0.15, 0.2) is 4.88 Å². The smallest absolute Gasteiger partial charge is 0.410 e. The second-order valence-electron chi connectivity index (χ2n) is 5.49. The number of halogens is 1. The molecule has 6 nitrogen and oxygen atoms in total. The number of likely N-dealkylation sites (N-methyl/N-ethyl adjacent to an activating group) is 1. The van der Waals surface area contributed by atoms with Crippen LogP contribution in [0.15, 0.2) is 6.07 Å². The van der Waals surface area contributed by atoms with Gasteiger partial charge in [-0.3, -0.25) is 0 Å². The lowest BCUT2D eigenvalue weighted by molar-refractivity contribution is 0.0277. The van der Waals surface area contributed by atoms with E-state index in [9.17, 15) is 9.59 Å². The van der Waals surface area contributed by atoms with Crippen molar-refractivity contribution < 1.29 is 23.8 Å². The predicted molar refractivity (Wildman–Crippen MR) is 85.0 cm³/mol. The van der Waals surface area contributed by atoms with Crippen LogP contribution in [-0.4, -0.2) is 49.9 Å². The van der Waals surface area contributed by atoms with Crippen LogP contribution in [0.3, 0.4) is 0 Å². The van der Waals surface area contributed by atoms with Gasteiger partial charge in [-0.05, 0) is 20.8 Å². The third-order valence-electron chi connectivity index (χ3n) is 2.43.